The van der Waals surface area contributed by atoms with Crippen molar-refractivity contribution >= 4 is 10.9 Å². The standard InChI is InChI=1S/C22H34NO/c1-3-4-5-6-7-8-9-10-11-14-19-24-23-18-17-20(2)21-15-12-13-16-22(21)23/h12-13,15-18H,3-11,14,19H2,1-2H3/q+1. The second-order valence-electron chi connectivity index (χ2n) is 6.86. The van der Waals surface area contributed by atoms with Gasteiger partial charge in [-0.25, -0.2) is 0 Å². The van der Waals surface area contributed by atoms with Crippen molar-refractivity contribution < 1.29 is 9.57 Å². The van der Waals surface area contributed by atoms with E-state index >= 15 is 0 Å². The number of pyridine rings is 1. The number of hydrogen-bond donors (Lipinski definition) is 0. The van der Waals surface area contributed by atoms with E-state index < -0.39 is 0 Å². The number of rotatable bonds is 12. The number of para-hydroxylation sites is 1. The van der Waals surface area contributed by atoms with E-state index in [9.17, 15) is 0 Å². The number of benzene rings is 1. The van der Waals surface area contributed by atoms with Gasteiger partial charge in [-0.3, -0.25) is 4.84 Å². The van der Waals surface area contributed by atoms with Crippen LogP contribution in [0.4, 0.5) is 0 Å². The maximum Gasteiger partial charge on any atom is 0.264 e. The second kappa shape index (κ2) is 11.1. The number of aryl methyl sites for hydroxylation is 1. The van der Waals surface area contributed by atoms with Crippen LogP contribution in [0, 0.1) is 6.92 Å². The molecule has 2 rings (SSSR count). The van der Waals surface area contributed by atoms with Gasteiger partial charge in [-0.2, -0.15) is 0 Å². The van der Waals surface area contributed by atoms with E-state index in [0.717, 1.165) is 18.5 Å². The largest absolute Gasteiger partial charge is 0.271 e. The molecule has 0 bridgehead atoms. The molecule has 2 aromatic rings. The summed E-state index contributed by atoms with van der Waals surface area (Å²) < 4.78 is 1.93. The van der Waals surface area contributed by atoms with Crippen molar-refractivity contribution in [1.29, 1.82) is 0 Å². The van der Waals surface area contributed by atoms with Crippen LogP contribution >= 0.6 is 0 Å². The van der Waals surface area contributed by atoms with Gasteiger partial charge in [0.05, 0.1) is 5.39 Å². The van der Waals surface area contributed by atoms with Crippen LogP contribution < -0.4 is 9.57 Å². The highest BCUT2D eigenvalue weighted by Crippen LogP contribution is 2.13. The Morgan fingerprint density at radius 1 is 0.792 bits per heavy atom. The first-order chi connectivity index (χ1) is 11.8. The molecule has 0 saturated carbocycles. The average molecular weight is 329 g/mol. The predicted octanol–water partition coefficient (Wildman–Crippen LogP) is 5.79. The fraction of sp³-hybridized carbons (Fsp3) is 0.591. The van der Waals surface area contributed by atoms with Gasteiger partial charge < -0.3 is 0 Å². The van der Waals surface area contributed by atoms with Crippen LogP contribution in [0.3, 0.4) is 0 Å². The molecule has 0 aliphatic carbocycles. The molecule has 24 heavy (non-hydrogen) atoms. The molecule has 0 radical (unpaired) electrons. The minimum Gasteiger partial charge on any atom is -0.271 e. The van der Waals surface area contributed by atoms with E-state index in [1.807, 2.05) is 10.9 Å². The van der Waals surface area contributed by atoms with E-state index in [4.69, 9.17) is 4.84 Å². The third-order valence-electron chi connectivity index (χ3n) is 4.75. The zero-order valence-electron chi connectivity index (χ0n) is 15.6. The number of hydrogen-bond acceptors (Lipinski definition) is 1. The lowest BCUT2D eigenvalue weighted by Gasteiger charge is -2.04. The molecular weight excluding hydrogens is 294 g/mol. The van der Waals surface area contributed by atoms with Crippen molar-refractivity contribution in [3.05, 3.63) is 42.1 Å². The SMILES string of the molecule is CCCCCCCCCCCCO[n+]1ccc(C)c2ccccc21. The van der Waals surface area contributed by atoms with Gasteiger partial charge in [-0.05, 0) is 31.4 Å². The molecule has 0 atom stereocenters. The molecule has 0 aliphatic heterocycles. The van der Waals surface area contributed by atoms with Crippen LogP contribution in [-0.4, -0.2) is 6.61 Å². The van der Waals surface area contributed by atoms with Crippen molar-refractivity contribution in [2.75, 3.05) is 6.61 Å². The summed E-state index contributed by atoms with van der Waals surface area (Å²) in [6, 6.07) is 10.6. The zero-order chi connectivity index (χ0) is 17.0. The zero-order valence-corrected chi connectivity index (χ0v) is 15.6. The Bertz CT molecular complexity index is 594. The van der Waals surface area contributed by atoms with Crippen molar-refractivity contribution in [2.45, 2.75) is 78.1 Å². The Labute approximate surface area is 147 Å². The lowest BCUT2D eigenvalue weighted by atomic mass is 10.1. The number of fused-ring (bicyclic) bond motifs is 1. The van der Waals surface area contributed by atoms with E-state index in [2.05, 4.69) is 44.2 Å². The summed E-state index contributed by atoms with van der Waals surface area (Å²) in [4.78, 5) is 5.96. The average Bonchev–Trinajstić information content (AvgIpc) is 2.61. The Morgan fingerprint density at radius 3 is 2.12 bits per heavy atom. The van der Waals surface area contributed by atoms with Gasteiger partial charge in [0.2, 0.25) is 6.20 Å². The van der Waals surface area contributed by atoms with Crippen LogP contribution in [0.2, 0.25) is 0 Å². The van der Waals surface area contributed by atoms with Crippen molar-refractivity contribution in [2.24, 2.45) is 0 Å². The Morgan fingerprint density at radius 2 is 1.42 bits per heavy atom. The fourth-order valence-corrected chi connectivity index (χ4v) is 3.21. The molecule has 0 unspecified atom stereocenters. The van der Waals surface area contributed by atoms with Gasteiger partial charge in [0.15, 0.2) is 6.61 Å². The first kappa shape index (κ1) is 18.8. The van der Waals surface area contributed by atoms with Crippen LogP contribution in [0.25, 0.3) is 10.9 Å². The number of unbranched alkanes of at least 4 members (excludes halogenated alkanes) is 9. The second-order valence-corrected chi connectivity index (χ2v) is 6.86. The third kappa shape index (κ3) is 6.14. The highest BCUT2D eigenvalue weighted by molar-refractivity contribution is 5.78. The van der Waals surface area contributed by atoms with E-state index in [1.165, 1.54) is 68.7 Å². The summed E-state index contributed by atoms with van der Waals surface area (Å²) in [5, 5.41) is 1.27. The van der Waals surface area contributed by atoms with Gasteiger partial charge in [-0.1, -0.05) is 70.4 Å². The van der Waals surface area contributed by atoms with Crippen LogP contribution in [0.5, 0.6) is 0 Å². The third-order valence-corrected chi connectivity index (χ3v) is 4.75. The maximum atomic E-state index is 5.96. The highest BCUT2D eigenvalue weighted by atomic mass is 16.7. The molecule has 1 aromatic heterocycles. The molecule has 0 fully saturated rings. The van der Waals surface area contributed by atoms with E-state index in [1.54, 1.807) is 0 Å². The van der Waals surface area contributed by atoms with Gasteiger partial charge >= 0.3 is 0 Å². The fourth-order valence-electron chi connectivity index (χ4n) is 3.21. The molecule has 2 heteroatoms. The van der Waals surface area contributed by atoms with Gasteiger partial charge in [-0.15, -0.1) is 0 Å². The molecule has 1 aromatic carbocycles. The van der Waals surface area contributed by atoms with Gasteiger partial charge in [0.25, 0.3) is 5.52 Å². The van der Waals surface area contributed by atoms with E-state index in [-0.39, 0.29) is 0 Å². The lowest BCUT2D eigenvalue weighted by Crippen LogP contribution is -2.43. The summed E-state index contributed by atoms with van der Waals surface area (Å²) >= 11 is 0. The molecule has 0 amide bonds. The minimum absolute atomic E-state index is 0.800. The summed E-state index contributed by atoms with van der Waals surface area (Å²) in [5.74, 6) is 0. The van der Waals surface area contributed by atoms with Crippen LogP contribution in [-0.2, 0) is 0 Å². The van der Waals surface area contributed by atoms with Crippen molar-refractivity contribution in [3.8, 4) is 0 Å². The van der Waals surface area contributed by atoms with Gasteiger partial charge in [0, 0.05) is 16.9 Å². The maximum absolute atomic E-state index is 5.96. The monoisotopic (exact) mass is 328 g/mol. The minimum atomic E-state index is 0.800. The molecule has 1 heterocycles. The summed E-state index contributed by atoms with van der Waals surface area (Å²) in [5.41, 5.74) is 2.45. The summed E-state index contributed by atoms with van der Waals surface area (Å²) in [7, 11) is 0. The molecule has 132 valence electrons. The topological polar surface area (TPSA) is 13.1 Å². The molecule has 0 aliphatic rings. The smallest absolute Gasteiger partial charge is 0.264 e. The molecular formula is C22H34NO+. The predicted molar refractivity (Wildman–Crippen MR) is 102 cm³/mol. The first-order valence-electron chi connectivity index (χ1n) is 9.86. The Hall–Kier alpha value is -1.57. The summed E-state index contributed by atoms with van der Waals surface area (Å²) in [6.45, 7) is 5.23. The highest BCUT2D eigenvalue weighted by Gasteiger charge is 2.11. The molecule has 0 spiro atoms. The first-order valence-corrected chi connectivity index (χ1v) is 9.86. The van der Waals surface area contributed by atoms with Crippen LogP contribution in [0.15, 0.2) is 36.5 Å². The Kier molecular flexibility index (Phi) is 8.65. The quantitative estimate of drug-likeness (QED) is 0.355. The Balaban J connectivity index is 1.59. The van der Waals surface area contributed by atoms with Crippen molar-refractivity contribution in [1.82, 2.24) is 0 Å². The number of nitrogens with zero attached hydrogens (tertiary/aromatic N) is 1. The molecule has 2 nitrogen and oxygen atoms in total. The van der Waals surface area contributed by atoms with Crippen LogP contribution in [0.1, 0.15) is 76.7 Å². The normalized spacial score (nSPS) is 11.1. The summed E-state index contributed by atoms with van der Waals surface area (Å²) in [6.07, 6.45) is 15.6. The van der Waals surface area contributed by atoms with Crippen molar-refractivity contribution in [3.63, 3.8) is 0 Å². The number of aromatic nitrogens is 1. The molecule has 0 N–H and O–H groups in total. The van der Waals surface area contributed by atoms with Gasteiger partial charge in [0.1, 0.15) is 0 Å². The molecule has 0 saturated heterocycles. The lowest BCUT2D eigenvalue weighted by molar-refractivity contribution is -0.871. The van der Waals surface area contributed by atoms with E-state index in [0.29, 0.717) is 0 Å².